The number of hydrogen-bond acceptors (Lipinski definition) is 3. The first-order valence-corrected chi connectivity index (χ1v) is 6.33. The van der Waals surface area contributed by atoms with Crippen LogP contribution in [0, 0.1) is 0 Å². The van der Waals surface area contributed by atoms with Crippen molar-refractivity contribution in [1.29, 1.82) is 0 Å². The summed E-state index contributed by atoms with van der Waals surface area (Å²) >= 11 is 0. The number of rotatable bonds is 4. The van der Waals surface area contributed by atoms with E-state index >= 15 is 0 Å². The maximum atomic E-state index is 11.6. The minimum absolute atomic E-state index is 0.0129. The van der Waals surface area contributed by atoms with Gasteiger partial charge in [0.15, 0.2) is 0 Å². The first-order chi connectivity index (χ1) is 8.54. The molecule has 1 aliphatic rings. The van der Waals surface area contributed by atoms with E-state index in [4.69, 9.17) is 10.5 Å². The van der Waals surface area contributed by atoms with Crippen molar-refractivity contribution in [3.8, 4) is 5.75 Å². The van der Waals surface area contributed by atoms with E-state index in [1.807, 2.05) is 43.0 Å². The van der Waals surface area contributed by atoms with Gasteiger partial charge in [0.25, 0.3) is 0 Å². The summed E-state index contributed by atoms with van der Waals surface area (Å²) in [4.78, 5) is 13.4. The average Bonchev–Trinajstić information content (AvgIpc) is 2.59. The molecule has 18 heavy (non-hydrogen) atoms. The quantitative estimate of drug-likeness (QED) is 0.879. The van der Waals surface area contributed by atoms with E-state index in [9.17, 15) is 4.79 Å². The fourth-order valence-electron chi connectivity index (χ4n) is 2.12. The molecule has 1 amide bonds. The van der Waals surface area contributed by atoms with Gasteiger partial charge in [-0.15, -0.1) is 0 Å². The number of amides is 1. The molecule has 1 heterocycles. The molecule has 1 aromatic carbocycles. The van der Waals surface area contributed by atoms with Crippen molar-refractivity contribution >= 4 is 5.91 Å². The second-order valence-electron chi connectivity index (χ2n) is 5.05. The summed E-state index contributed by atoms with van der Waals surface area (Å²) in [6, 6.07) is 7.86. The molecule has 1 unspecified atom stereocenters. The fraction of sp³-hybridized carbons (Fsp3) is 0.500. The highest BCUT2D eigenvalue weighted by atomic mass is 16.5. The number of benzene rings is 1. The van der Waals surface area contributed by atoms with E-state index < -0.39 is 0 Å². The van der Waals surface area contributed by atoms with Gasteiger partial charge in [0.05, 0.1) is 6.10 Å². The van der Waals surface area contributed by atoms with E-state index in [0.717, 1.165) is 11.3 Å². The lowest BCUT2D eigenvalue weighted by molar-refractivity contribution is -0.128. The Kier molecular flexibility index (Phi) is 3.87. The maximum absolute atomic E-state index is 11.6. The van der Waals surface area contributed by atoms with E-state index in [1.54, 1.807) is 0 Å². The standard InChI is InChI=1S/C14H20N2O2/c1-10(2)18-13-5-3-11(4-6-13)8-16-9-12(15)7-14(16)17/h3-6,10,12H,7-9,15H2,1-2H3. The smallest absolute Gasteiger partial charge is 0.224 e. The Bertz CT molecular complexity index is 414. The predicted octanol–water partition coefficient (Wildman–Crippen LogP) is 1.53. The van der Waals surface area contributed by atoms with Crippen LogP contribution in [0.2, 0.25) is 0 Å². The van der Waals surface area contributed by atoms with Crippen LogP contribution in [0.4, 0.5) is 0 Å². The van der Waals surface area contributed by atoms with E-state index in [2.05, 4.69) is 0 Å². The van der Waals surface area contributed by atoms with Gasteiger partial charge >= 0.3 is 0 Å². The summed E-state index contributed by atoms with van der Waals surface area (Å²) in [6.45, 7) is 5.29. The summed E-state index contributed by atoms with van der Waals surface area (Å²) in [5, 5.41) is 0. The monoisotopic (exact) mass is 248 g/mol. The van der Waals surface area contributed by atoms with Crippen molar-refractivity contribution in [2.24, 2.45) is 5.73 Å². The predicted molar refractivity (Wildman–Crippen MR) is 70.2 cm³/mol. The first-order valence-electron chi connectivity index (χ1n) is 6.33. The van der Waals surface area contributed by atoms with Gasteiger partial charge in [0.1, 0.15) is 5.75 Å². The number of carbonyl (C=O) groups is 1. The van der Waals surface area contributed by atoms with Gasteiger partial charge < -0.3 is 15.4 Å². The lowest BCUT2D eigenvalue weighted by Crippen LogP contribution is -2.27. The Labute approximate surface area is 108 Å². The molecule has 0 spiro atoms. The lowest BCUT2D eigenvalue weighted by atomic mass is 10.2. The van der Waals surface area contributed by atoms with Crippen LogP contribution < -0.4 is 10.5 Å². The molecule has 1 atom stereocenters. The third-order valence-corrected chi connectivity index (χ3v) is 2.91. The fourth-order valence-corrected chi connectivity index (χ4v) is 2.12. The highest BCUT2D eigenvalue weighted by Gasteiger charge is 2.26. The Morgan fingerprint density at radius 2 is 2.06 bits per heavy atom. The molecule has 0 aliphatic carbocycles. The summed E-state index contributed by atoms with van der Waals surface area (Å²) in [6.07, 6.45) is 0.642. The van der Waals surface area contributed by atoms with Gasteiger partial charge in [-0.05, 0) is 31.5 Å². The van der Waals surface area contributed by atoms with Crippen LogP contribution in [-0.4, -0.2) is 29.5 Å². The van der Waals surface area contributed by atoms with Crippen LogP contribution in [-0.2, 0) is 11.3 Å². The number of hydrogen-bond donors (Lipinski definition) is 1. The Morgan fingerprint density at radius 1 is 1.39 bits per heavy atom. The van der Waals surface area contributed by atoms with Crippen molar-refractivity contribution in [1.82, 2.24) is 4.90 Å². The molecular weight excluding hydrogens is 228 g/mol. The van der Waals surface area contributed by atoms with Crippen molar-refractivity contribution in [2.75, 3.05) is 6.54 Å². The third-order valence-electron chi connectivity index (χ3n) is 2.91. The molecule has 0 saturated carbocycles. The van der Waals surface area contributed by atoms with Crippen molar-refractivity contribution in [3.63, 3.8) is 0 Å². The Morgan fingerprint density at radius 3 is 2.56 bits per heavy atom. The van der Waals surface area contributed by atoms with Gasteiger partial charge in [0, 0.05) is 25.6 Å². The topological polar surface area (TPSA) is 55.6 Å². The van der Waals surface area contributed by atoms with Crippen molar-refractivity contribution < 1.29 is 9.53 Å². The summed E-state index contributed by atoms with van der Waals surface area (Å²) in [7, 11) is 0. The number of nitrogens with two attached hydrogens (primary N) is 1. The molecule has 1 fully saturated rings. The van der Waals surface area contributed by atoms with E-state index in [1.165, 1.54) is 0 Å². The van der Waals surface area contributed by atoms with Crippen LogP contribution in [0.25, 0.3) is 0 Å². The largest absolute Gasteiger partial charge is 0.491 e. The second-order valence-corrected chi connectivity index (χ2v) is 5.05. The van der Waals surface area contributed by atoms with Crippen LogP contribution in [0.1, 0.15) is 25.8 Å². The molecule has 4 heteroatoms. The molecular formula is C14H20N2O2. The molecule has 98 valence electrons. The summed E-state index contributed by atoms with van der Waals surface area (Å²) in [5.74, 6) is 1.00. The molecule has 1 aromatic rings. The zero-order valence-electron chi connectivity index (χ0n) is 10.9. The first kappa shape index (κ1) is 12.9. The lowest BCUT2D eigenvalue weighted by Gasteiger charge is -2.16. The van der Waals surface area contributed by atoms with Crippen LogP contribution >= 0.6 is 0 Å². The minimum Gasteiger partial charge on any atom is -0.491 e. The normalized spacial score (nSPS) is 19.7. The molecule has 4 nitrogen and oxygen atoms in total. The molecule has 0 bridgehead atoms. The molecule has 2 rings (SSSR count). The van der Waals surface area contributed by atoms with Crippen molar-refractivity contribution in [2.45, 2.75) is 39.0 Å². The molecule has 1 saturated heterocycles. The molecule has 1 aliphatic heterocycles. The number of likely N-dealkylation sites (tertiary alicyclic amines) is 1. The van der Waals surface area contributed by atoms with Gasteiger partial charge in [-0.2, -0.15) is 0 Å². The number of nitrogens with zero attached hydrogens (tertiary/aromatic N) is 1. The van der Waals surface area contributed by atoms with Gasteiger partial charge in [-0.3, -0.25) is 4.79 Å². The van der Waals surface area contributed by atoms with Gasteiger partial charge in [-0.1, -0.05) is 12.1 Å². The van der Waals surface area contributed by atoms with Gasteiger partial charge in [-0.25, -0.2) is 0 Å². The van der Waals surface area contributed by atoms with Crippen LogP contribution in [0.3, 0.4) is 0 Å². The summed E-state index contributed by atoms with van der Waals surface area (Å²) in [5.41, 5.74) is 6.87. The number of carbonyl (C=O) groups excluding carboxylic acids is 1. The SMILES string of the molecule is CC(C)Oc1ccc(CN2CC(N)CC2=O)cc1. The van der Waals surface area contributed by atoms with Crippen LogP contribution in [0.5, 0.6) is 5.75 Å². The van der Waals surface area contributed by atoms with Crippen molar-refractivity contribution in [3.05, 3.63) is 29.8 Å². The molecule has 0 radical (unpaired) electrons. The highest BCUT2D eigenvalue weighted by Crippen LogP contribution is 2.17. The third kappa shape index (κ3) is 3.23. The zero-order valence-corrected chi connectivity index (χ0v) is 10.9. The highest BCUT2D eigenvalue weighted by molar-refractivity contribution is 5.79. The zero-order chi connectivity index (χ0) is 13.1. The van der Waals surface area contributed by atoms with E-state index in [0.29, 0.717) is 19.5 Å². The Balaban J connectivity index is 1.96. The summed E-state index contributed by atoms with van der Waals surface area (Å²) < 4.78 is 5.58. The number of ether oxygens (including phenoxy) is 1. The van der Waals surface area contributed by atoms with Crippen LogP contribution in [0.15, 0.2) is 24.3 Å². The Hall–Kier alpha value is -1.55. The van der Waals surface area contributed by atoms with E-state index in [-0.39, 0.29) is 18.1 Å². The minimum atomic E-state index is -0.0129. The molecule has 2 N–H and O–H groups in total. The maximum Gasteiger partial charge on any atom is 0.224 e. The second kappa shape index (κ2) is 5.40. The van der Waals surface area contributed by atoms with Gasteiger partial charge in [0.2, 0.25) is 5.91 Å². The average molecular weight is 248 g/mol. The molecule has 0 aromatic heterocycles.